The van der Waals surface area contributed by atoms with Gasteiger partial charge in [0.25, 0.3) is 0 Å². The van der Waals surface area contributed by atoms with Crippen LogP contribution in [0.25, 0.3) is 0 Å². The molecule has 0 fully saturated rings. The van der Waals surface area contributed by atoms with Crippen LogP contribution in [0.3, 0.4) is 0 Å². The van der Waals surface area contributed by atoms with E-state index < -0.39 is 0 Å². The molecule has 0 saturated heterocycles. The van der Waals surface area contributed by atoms with Crippen molar-refractivity contribution >= 4 is 17.7 Å². The third-order valence-corrected chi connectivity index (χ3v) is 3.43. The molecule has 0 heterocycles. The molecule has 0 bridgehead atoms. The normalized spacial score (nSPS) is 13.6. The van der Waals surface area contributed by atoms with Crippen molar-refractivity contribution in [1.29, 1.82) is 0 Å². The van der Waals surface area contributed by atoms with Gasteiger partial charge in [-0.1, -0.05) is 27.7 Å². The zero-order chi connectivity index (χ0) is 12.6. The van der Waals surface area contributed by atoms with Gasteiger partial charge in [0.05, 0.1) is 12.9 Å². The maximum Gasteiger partial charge on any atom is 0.315 e. The molecule has 4 heteroatoms. The van der Waals surface area contributed by atoms with Gasteiger partial charge in [-0.25, -0.2) is 0 Å². The Hall–Kier alpha value is -0.220. The molecular weight excluding hydrogens is 222 g/mol. The zero-order valence-corrected chi connectivity index (χ0v) is 11.9. The summed E-state index contributed by atoms with van der Waals surface area (Å²) in [5.74, 6) is 1.24. The summed E-state index contributed by atoms with van der Waals surface area (Å²) < 4.78 is 4.62. The van der Waals surface area contributed by atoms with E-state index in [0.29, 0.717) is 11.8 Å². The van der Waals surface area contributed by atoms with Crippen LogP contribution in [0.1, 0.15) is 34.1 Å². The fraction of sp³-hybridized carbons (Fsp3) is 0.917. The second-order valence-electron chi connectivity index (χ2n) is 4.96. The number of carbonyl (C=O) groups is 1. The molecule has 0 aliphatic rings. The van der Waals surface area contributed by atoms with E-state index in [2.05, 4.69) is 37.7 Å². The van der Waals surface area contributed by atoms with Crippen LogP contribution in [-0.2, 0) is 9.53 Å². The summed E-state index contributed by atoms with van der Waals surface area (Å²) in [5, 5.41) is 3.53. The molecule has 0 aliphatic heterocycles. The van der Waals surface area contributed by atoms with Crippen LogP contribution in [0.15, 0.2) is 0 Å². The van der Waals surface area contributed by atoms with Gasteiger partial charge in [0.2, 0.25) is 0 Å². The Morgan fingerprint density at radius 1 is 1.44 bits per heavy atom. The standard InChI is InChI=1S/C12H25NO2S/c1-6-7-13-10(12(2,3)4)8-16-9-11(14)15-5/h10,13H,6-9H2,1-5H3. The van der Waals surface area contributed by atoms with E-state index in [0.717, 1.165) is 18.7 Å². The predicted molar refractivity (Wildman–Crippen MR) is 70.9 cm³/mol. The molecule has 0 saturated carbocycles. The van der Waals surface area contributed by atoms with Gasteiger partial charge in [0, 0.05) is 11.8 Å². The number of nitrogens with one attached hydrogen (secondary N) is 1. The van der Waals surface area contributed by atoms with E-state index in [-0.39, 0.29) is 11.4 Å². The van der Waals surface area contributed by atoms with Crippen molar-refractivity contribution in [2.45, 2.75) is 40.2 Å². The first kappa shape index (κ1) is 15.8. The molecule has 0 aromatic heterocycles. The largest absolute Gasteiger partial charge is 0.468 e. The number of methoxy groups -OCH3 is 1. The third-order valence-electron chi connectivity index (χ3n) is 2.42. The molecule has 3 nitrogen and oxygen atoms in total. The van der Waals surface area contributed by atoms with Gasteiger partial charge in [0.1, 0.15) is 0 Å². The number of esters is 1. The molecule has 0 amide bonds. The third kappa shape index (κ3) is 7.12. The Kier molecular flexibility index (Phi) is 7.85. The van der Waals surface area contributed by atoms with Crippen molar-refractivity contribution in [3.05, 3.63) is 0 Å². The van der Waals surface area contributed by atoms with Crippen LogP contribution in [0, 0.1) is 5.41 Å². The van der Waals surface area contributed by atoms with Gasteiger partial charge in [-0.15, -0.1) is 11.8 Å². The molecule has 1 N–H and O–H groups in total. The molecule has 0 aromatic carbocycles. The molecule has 0 aliphatic carbocycles. The minimum atomic E-state index is -0.145. The van der Waals surface area contributed by atoms with Gasteiger partial charge < -0.3 is 10.1 Å². The zero-order valence-electron chi connectivity index (χ0n) is 11.1. The molecule has 0 radical (unpaired) electrons. The lowest BCUT2D eigenvalue weighted by Crippen LogP contribution is -2.42. The molecule has 0 spiro atoms. The second-order valence-corrected chi connectivity index (χ2v) is 5.99. The van der Waals surface area contributed by atoms with Crippen LogP contribution in [-0.4, -0.2) is 37.2 Å². The Labute approximate surface area is 104 Å². The average Bonchev–Trinajstić information content (AvgIpc) is 2.20. The lowest BCUT2D eigenvalue weighted by molar-refractivity contribution is -0.137. The average molecular weight is 247 g/mol. The number of hydrogen-bond acceptors (Lipinski definition) is 4. The van der Waals surface area contributed by atoms with Crippen molar-refractivity contribution in [3.8, 4) is 0 Å². The molecule has 16 heavy (non-hydrogen) atoms. The van der Waals surface area contributed by atoms with Crippen LogP contribution in [0.2, 0.25) is 0 Å². The highest BCUT2D eigenvalue weighted by Gasteiger charge is 2.23. The predicted octanol–water partition coefficient (Wildman–Crippen LogP) is 2.31. The van der Waals surface area contributed by atoms with E-state index in [1.54, 1.807) is 11.8 Å². The lowest BCUT2D eigenvalue weighted by atomic mass is 9.88. The first-order valence-electron chi connectivity index (χ1n) is 5.79. The van der Waals surface area contributed by atoms with Gasteiger partial charge in [-0.2, -0.15) is 0 Å². The lowest BCUT2D eigenvalue weighted by Gasteiger charge is -2.31. The first-order valence-corrected chi connectivity index (χ1v) is 6.95. The Morgan fingerprint density at radius 3 is 2.50 bits per heavy atom. The highest BCUT2D eigenvalue weighted by Crippen LogP contribution is 2.22. The molecule has 0 rings (SSSR count). The van der Waals surface area contributed by atoms with Crippen molar-refractivity contribution in [1.82, 2.24) is 5.32 Å². The highest BCUT2D eigenvalue weighted by atomic mass is 32.2. The number of rotatable bonds is 7. The molecule has 1 atom stereocenters. The van der Waals surface area contributed by atoms with E-state index in [1.807, 2.05) is 0 Å². The summed E-state index contributed by atoms with van der Waals surface area (Å²) in [6.45, 7) is 9.85. The van der Waals surface area contributed by atoms with Crippen molar-refractivity contribution < 1.29 is 9.53 Å². The van der Waals surface area contributed by atoms with Crippen LogP contribution in [0.4, 0.5) is 0 Å². The highest BCUT2D eigenvalue weighted by molar-refractivity contribution is 7.99. The van der Waals surface area contributed by atoms with Crippen molar-refractivity contribution in [2.24, 2.45) is 5.41 Å². The van der Waals surface area contributed by atoms with Gasteiger partial charge in [-0.05, 0) is 18.4 Å². The van der Waals surface area contributed by atoms with Crippen molar-refractivity contribution in [2.75, 3.05) is 25.2 Å². The summed E-state index contributed by atoms with van der Waals surface area (Å²) in [6, 6.07) is 0.433. The molecular formula is C12H25NO2S. The fourth-order valence-corrected chi connectivity index (χ4v) is 2.51. The summed E-state index contributed by atoms with van der Waals surface area (Å²) in [6.07, 6.45) is 1.13. The topological polar surface area (TPSA) is 38.3 Å². The fourth-order valence-electron chi connectivity index (χ4n) is 1.25. The summed E-state index contributed by atoms with van der Waals surface area (Å²) in [7, 11) is 1.43. The second kappa shape index (κ2) is 7.96. The summed E-state index contributed by atoms with van der Waals surface area (Å²) >= 11 is 1.63. The quantitative estimate of drug-likeness (QED) is 0.701. The Morgan fingerprint density at radius 2 is 2.06 bits per heavy atom. The van der Waals surface area contributed by atoms with Crippen LogP contribution in [0.5, 0.6) is 0 Å². The van der Waals surface area contributed by atoms with E-state index in [1.165, 1.54) is 7.11 Å². The SMILES string of the molecule is CCCNC(CSCC(=O)OC)C(C)(C)C. The Bertz CT molecular complexity index is 202. The molecule has 0 aromatic rings. The Balaban J connectivity index is 3.97. The van der Waals surface area contributed by atoms with Gasteiger partial charge in [-0.3, -0.25) is 4.79 Å². The number of hydrogen-bond donors (Lipinski definition) is 1. The van der Waals surface area contributed by atoms with Crippen LogP contribution < -0.4 is 5.32 Å². The van der Waals surface area contributed by atoms with E-state index in [9.17, 15) is 4.79 Å². The summed E-state index contributed by atoms with van der Waals surface area (Å²) in [5.41, 5.74) is 0.221. The van der Waals surface area contributed by atoms with Gasteiger partial charge >= 0.3 is 5.97 Å². The van der Waals surface area contributed by atoms with Crippen molar-refractivity contribution in [3.63, 3.8) is 0 Å². The minimum Gasteiger partial charge on any atom is -0.468 e. The van der Waals surface area contributed by atoms with Crippen LogP contribution >= 0.6 is 11.8 Å². The van der Waals surface area contributed by atoms with E-state index >= 15 is 0 Å². The van der Waals surface area contributed by atoms with E-state index in [4.69, 9.17) is 0 Å². The number of ether oxygens (including phenoxy) is 1. The smallest absolute Gasteiger partial charge is 0.315 e. The molecule has 96 valence electrons. The maximum absolute atomic E-state index is 11.0. The first-order chi connectivity index (χ1) is 7.41. The summed E-state index contributed by atoms with van der Waals surface area (Å²) in [4.78, 5) is 11.0. The monoisotopic (exact) mass is 247 g/mol. The maximum atomic E-state index is 11.0. The number of thioether (sulfide) groups is 1. The molecule has 1 unspecified atom stereocenters. The minimum absolute atomic E-state index is 0.145. The van der Waals surface area contributed by atoms with Gasteiger partial charge in [0.15, 0.2) is 0 Å². The number of carbonyl (C=O) groups excluding carboxylic acids is 1.